The minimum absolute atomic E-state index is 0.0363. The minimum atomic E-state index is -4.58. The zero-order valence-electron chi connectivity index (χ0n) is 9.42. The Labute approximate surface area is 102 Å². The number of amides is 1. The number of rotatable bonds is 2. The smallest absolute Gasteiger partial charge is 0.416 e. The molecule has 1 fully saturated rings. The molecule has 2 N–H and O–H groups in total. The summed E-state index contributed by atoms with van der Waals surface area (Å²) in [6, 6.07) is 2.41. The molecule has 1 saturated carbocycles. The molecule has 0 spiro atoms. The van der Waals surface area contributed by atoms with Crippen molar-refractivity contribution in [3.05, 3.63) is 29.3 Å². The summed E-state index contributed by atoms with van der Waals surface area (Å²) in [4.78, 5) is 11.7. The second-order valence-electron chi connectivity index (χ2n) is 4.37. The van der Waals surface area contributed by atoms with E-state index in [1.807, 2.05) is 0 Å². The van der Waals surface area contributed by atoms with Gasteiger partial charge in [0.05, 0.1) is 5.56 Å². The van der Waals surface area contributed by atoms with Crippen LogP contribution in [0.5, 0.6) is 5.75 Å². The molecule has 1 aromatic rings. The van der Waals surface area contributed by atoms with E-state index in [0.29, 0.717) is 6.07 Å². The summed E-state index contributed by atoms with van der Waals surface area (Å²) < 4.78 is 37.5. The molecule has 2 rings (SSSR count). The molecule has 1 amide bonds. The molecular formula is C12H12F3NO2. The van der Waals surface area contributed by atoms with Crippen LogP contribution in [0.2, 0.25) is 0 Å². The maximum Gasteiger partial charge on any atom is 0.416 e. The van der Waals surface area contributed by atoms with Crippen molar-refractivity contribution >= 4 is 5.91 Å². The summed E-state index contributed by atoms with van der Waals surface area (Å²) in [7, 11) is 0. The number of hydrogen-bond acceptors (Lipinski definition) is 2. The normalized spacial score (nSPS) is 16.2. The van der Waals surface area contributed by atoms with Crippen molar-refractivity contribution in [1.29, 1.82) is 0 Å². The molecule has 1 aliphatic carbocycles. The van der Waals surface area contributed by atoms with Gasteiger partial charge in [-0.15, -0.1) is 0 Å². The summed E-state index contributed by atoms with van der Waals surface area (Å²) in [5, 5.41) is 11.9. The van der Waals surface area contributed by atoms with Gasteiger partial charge in [0.15, 0.2) is 0 Å². The third-order valence-electron chi connectivity index (χ3n) is 2.95. The molecule has 1 aliphatic rings. The van der Waals surface area contributed by atoms with Crippen molar-refractivity contribution < 1.29 is 23.1 Å². The van der Waals surface area contributed by atoms with Gasteiger partial charge in [-0.3, -0.25) is 4.79 Å². The van der Waals surface area contributed by atoms with Gasteiger partial charge in [-0.2, -0.15) is 13.2 Å². The fraction of sp³-hybridized carbons (Fsp3) is 0.417. The first kappa shape index (κ1) is 12.7. The van der Waals surface area contributed by atoms with Crippen molar-refractivity contribution in [2.75, 3.05) is 0 Å². The van der Waals surface area contributed by atoms with E-state index in [1.54, 1.807) is 0 Å². The van der Waals surface area contributed by atoms with Crippen molar-refractivity contribution in [2.45, 2.75) is 31.5 Å². The van der Waals surface area contributed by atoms with Crippen LogP contribution >= 0.6 is 0 Å². The van der Waals surface area contributed by atoms with Crippen molar-refractivity contribution in [3.8, 4) is 5.75 Å². The third-order valence-corrected chi connectivity index (χ3v) is 2.95. The number of hydrogen-bond donors (Lipinski definition) is 2. The van der Waals surface area contributed by atoms with Crippen LogP contribution in [0, 0.1) is 0 Å². The monoisotopic (exact) mass is 259 g/mol. The first-order valence-corrected chi connectivity index (χ1v) is 5.58. The van der Waals surface area contributed by atoms with Gasteiger partial charge in [0.1, 0.15) is 5.75 Å². The Morgan fingerprint density at radius 1 is 1.28 bits per heavy atom. The highest BCUT2D eigenvalue weighted by Gasteiger charge is 2.32. The van der Waals surface area contributed by atoms with Crippen molar-refractivity contribution in [1.82, 2.24) is 5.32 Å². The molecule has 1 aromatic carbocycles. The molecule has 3 nitrogen and oxygen atoms in total. The predicted molar refractivity (Wildman–Crippen MR) is 58.2 cm³/mol. The van der Waals surface area contributed by atoms with E-state index in [4.69, 9.17) is 0 Å². The quantitative estimate of drug-likeness (QED) is 0.857. The first-order chi connectivity index (χ1) is 8.36. The van der Waals surface area contributed by atoms with E-state index < -0.39 is 23.4 Å². The Morgan fingerprint density at radius 2 is 1.94 bits per heavy atom. The van der Waals surface area contributed by atoms with E-state index >= 15 is 0 Å². The Bertz CT molecular complexity index is 467. The van der Waals surface area contributed by atoms with Gasteiger partial charge in [0.2, 0.25) is 0 Å². The average molecular weight is 259 g/mol. The standard InChI is InChI=1S/C12H12F3NO2/c13-12(14,15)8-4-7(5-10(17)6-8)11(18)16-9-2-1-3-9/h4-6,9,17H,1-3H2,(H,16,18). The molecule has 0 aliphatic heterocycles. The van der Waals surface area contributed by atoms with E-state index in [1.165, 1.54) is 0 Å². The average Bonchev–Trinajstić information content (AvgIpc) is 2.21. The van der Waals surface area contributed by atoms with E-state index in [2.05, 4.69) is 5.32 Å². The Balaban J connectivity index is 2.21. The lowest BCUT2D eigenvalue weighted by Crippen LogP contribution is -2.39. The van der Waals surface area contributed by atoms with Gasteiger partial charge in [0, 0.05) is 11.6 Å². The van der Waals surface area contributed by atoms with Crippen molar-refractivity contribution in [3.63, 3.8) is 0 Å². The summed E-state index contributed by atoms with van der Waals surface area (Å²) in [5.41, 5.74) is -1.20. The lowest BCUT2D eigenvalue weighted by Gasteiger charge is -2.26. The van der Waals surface area contributed by atoms with Gasteiger partial charge < -0.3 is 10.4 Å². The first-order valence-electron chi connectivity index (χ1n) is 5.58. The highest BCUT2D eigenvalue weighted by atomic mass is 19.4. The molecule has 0 heterocycles. The number of phenols is 1. The van der Waals surface area contributed by atoms with Gasteiger partial charge in [0.25, 0.3) is 5.91 Å². The van der Waals surface area contributed by atoms with Gasteiger partial charge in [-0.05, 0) is 37.5 Å². The zero-order valence-corrected chi connectivity index (χ0v) is 9.42. The highest BCUT2D eigenvalue weighted by molar-refractivity contribution is 5.95. The molecule has 0 bridgehead atoms. The van der Waals surface area contributed by atoms with Crippen LogP contribution in [0.1, 0.15) is 35.2 Å². The van der Waals surface area contributed by atoms with E-state index in [9.17, 15) is 23.1 Å². The number of carbonyl (C=O) groups is 1. The number of nitrogens with one attached hydrogen (secondary N) is 1. The van der Waals surface area contributed by atoms with Crippen molar-refractivity contribution in [2.24, 2.45) is 0 Å². The number of carbonyl (C=O) groups excluding carboxylic acids is 1. The topological polar surface area (TPSA) is 49.3 Å². The number of alkyl halides is 3. The van der Waals surface area contributed by atoms with Crippen LogP contribution in [0.25, 0.3) is 0 Å². The SMILES string of the molecule is O=C(NC1CCC1)c1cc(O)cc(C(F)(F)F)c1. The van der Waals surface area contributed by atoms with Crippen LogP contribution in [0.15, 0.2) is 18.2 Å². The second kappa shape index (κ2) is 4.51. The molecular weight excluding hydrogens is 247 g/mol. The molecule has 0 atom stereocenters. The van der Waals surface area contributed by atoms with Crippen LogP contribution in [-0.2, 0) is 6.18 Å². The Hall–Kier alpha value is -1.72. The summed E-state index contributed by atoms with van der Waals surface area (Å²) in [5.74, 6) is -1.15. The van der Waals surface area contributed by atoms with Crippen LogP contribution in [0.4, 0.5) is 13.2 Å². The second-order valence-corrected chi connectivity index (χ2v) is 4.37. The number of phenolic OH excluding ortho intramolecular Hbond substituents is 1. The molecule has 0 saturated heterocycles. The summed E-state index contributed by atoms with van der Waals surface area (Å²) in [6.45, 7) is 0. The van der Waals surface area contributed by atoms with Crippen LogP contribution < -0.4 is 5.32 Å². The lowest BCUT2D eigenvalue weighted by molar-refractivity contribution is -0.137. The Morgan fingerprint density at radius 3 is 2.44 bits per heavy atom. The fourth-order valence-corrected chi connectivity index (χ4v) is 1.73. The number of benzene rings is 1. The molecule has 98 valence electrons. The number of halogens is 3. The summed E-state index contributed by atoms with van der Waals surface area (Å²) in [6.07, 6.45) is -1.88. The van der Waals surface area contributed by atoms with Crippen LogP contribution in [0.3, 0.4) is 0 Å². The predicted octanol–water partition coefficient (Wildman–Crippen LogP) is 2.69. The minimum Gasteiger partial charge on any atom is -0.508 e. The summed E-state index contributed by atoms with van der Waals surface area (Å²) >= 11 is 0. The molecule has 18 heavy (non-hydrogen) atoms. The maximum absolute atomic E-state index is 12.5. The Kier molecular flexibility index (Phi) is 3.19. The molecule has 0 aromatic heterocycles. The molecule has 0 radical (unpaired) electrons. The maximum atomic E-state index is 12.5. The third kappa shape index (κ3) is 2.75. The largest absolute Gasteiger partial charge is 0.508 e. The molecule has 6 heteroatoms. The highest BCUT2D eigenvalue weighted by Crippen LogP contribution is 2.32. The van der Waals surface area contributed by atoms with Crippen LogP contribution in [-0.4, -0.2) is 17.1 Å². The fourth-order valence-electron chi connectivity index (χ4n) is 1.73. The van der Waals surface area contributed by atoms with Gasteiger partial charge >= 0.3 is 6.18 Å². The zero-order chi connectivity index (χ0) is 13.3. The molecule has 0 unspecified atom stereocenters. The number of aromatic hydroxyl groups is 1. The van der Waals surface area contributed by atoms with E-state index in [0.717, 1.165) is 31.4 Å². The van der Waals surface area contributed by atoms with Gasteiger partial charge in [-0.25, -0.2) is 0 Å². The van der Waals surface area contributed by atoms with E-state index in [-0.39, 0.29) is 11.6 Å². The lowest BCUT2D eigenvalue weighted by atomic mass is 9.93. The van der Waals surface area contributed by atoms with Gasteiger partial charge in [-0.1, -0.05) is 0 Å².